The maximum Gasteiger partial charge on any atom is 0.332 e. The SMILES string of the molecule is COc1ccc(OC)c(C(C)=NNC(N)=O)c1. The minimum atomic E-state index is -0.716. The molecule has 1 aromatic carbocycles. The lowest BCUT2D eigenvalue weighted by Gasteiger charge is -2.09. The molecule has 6 heteroatoms. The van der Waals surface area contributed by atoms with E-state index in [-0.39, 0.29) is 0 Å². The Bertz CT molecular complexity index is 444. The number of rotatable bonds is 4. The molecule has 0 aliphatic rings. The number of carbonyl (C=O) groups excluding carboxylic acids is 1. The molecule has 0 unspecified atom stereocenters. The van der Waals surface area contributed by atoms with Gasteiger partial charge in [0.15, 0.2) is 0 Å². The van der Waals surface area contributed by atoms with Gasteiger partial charge in [0.2, 0.25) is 0 Å². The molecular formula is C11H15N3O3. The predicted octanol–water partition coefficient (Wildman–Crippen LogP) is 1.10. The van der Waals surface area contributed by atoms with E-state index in [1.54, 1.807) is 39.3 Å². The van der Waals surface area contributed by atoms with Crippen molar-refractivity contribution < 1.29 is 14.3 Å². The zero-order valence-electron chi connectivity index (χ0n) is 9.98. The fourth-order valence-corrected chi connectivity index (χ4v) is 1.30. The van der Waals surface area contributed by atoms with Gasteiger partial charge in [0.25, 0.3) is 0 Å². The quantitative estimate of drug-likeness (QED) is 0.607. The lowest BCUT2D eigenvalue weighted by atomic mass is 10.1. The fourth-order valence-electron chi connectivity index (χ4n) is 1.30. The molecule has 0 saturated heterocycles. The Morgan fingerprint density at radius 1 is 1.35 bits per heavy atom. The van der Waals surface area contributed by atoms with Crippen molar-refractivity contribution in [1.82, 2.24) is 5.43 Å². The second-order valence-electron chi connectivity index (χ2n) is 3.24. The molecule has 0 aromatic heterocycles. The highest BCUT2D eigenvalue weighted by Gasteiger charge is 2.08. The van der Waals surface area contributed by atoms with E-state index in [0.29, 0.717) is 17.2 Å². The van der Waals surface area contributed by atoms with Gasteiger partial charge in [-0.2, -0.15) is 5.10 Å². The number of methoxy groups -OCH3 is 2. The first-order chi connectivity index (χ1) is 8.08. The summed E-state index contributed by atoms with van der Waals surface area (Å²) in [6.07, 6.45) is 0. The summed E-state index contributed by atoms with van der Waals surface area (Å²) in [5.74, 6) is 1.31. The number of nitrogens with one attached hydrogen (secondary N) is 1. The fraction of sp³-hybridized carbons (Fsp3) is 0.273. The van der Waals surface area contributed by atoms with Gasteiger partial charge in [-0.1, -0.05) is 0 Å². The number of hydrogen-bond acceptors (Lipinski definition) is 4. The summed E-state index contributed by atoms with van der Waals surface area (Å²) in [4.78, 5) is 10.6. The second-order valence-corrected chi connectivity index (χ2v) is 3.24. The minimum Gasteiger partial charge on any atom is -0.497 e. The van der Waals surface area contributed by atoms with Gasteiger partial charge < -0.3 is 15.2 Å². The summed E-state index contributed by atoms with van der Waals surface area (Å²) < 4.78 is 10.3. The van der Waals surface area contributed by atoms with Gasteiger partial charge in [-0.05, 0) is 25.1 Å². The van der Waals surface area contributed by atoms with Crippen LogP contribution in [0.15, 0.2) is 23.3 Å². The molecule has 0 atom stereocenters. The Morgan fingerprint density at radius 3 is 2.59 bits per heavy atom. The van der Waals surface area contributed by atoms with Crippen LogP contribution in [0.1, 0.15) is 12.5 Å². The summed E-state index contributed by atoms with van der Waals surface area (Å²) >= 11 is 0. The highest BCUT2D eigenvalue weighted by Crippen LogP contribution is 2.24. The Hall–Kier alpha value is -2.24. The summed E-state index contributed by atoms with van der Waals surface area (Å²) in [7, 11) is 3.12. The smallest absolute Gasteiger partial charge is 0.332 e. The summed E-state index contributed by atoms with van der Waals surface area (Å²) in [5, 5.41) is 3.83. The first kappa shape index (κ1) is 12.8. The van der Waals surface area contributed by atoms with Gasteiger partial charge in [-0.3, -0.25) is 0 Å². The number of benzene rings is 1. The number of nitrogens with zero attached hydrogens (tertiary/aromatic N) is 1. The predicted molar refractivity (Wildman–Crippen MR) is 64.5 cm³/mol. The Kier molecular flexibility index (Phi) is 4.33. The Morgan fingerprint density at radius 2 is 2.06 bits per heavy atom. The van der Waals surface area contributed by atoms with Crippen LogP contribution in [0.3, 0.4) is 0 Å². The van der Waals surface area contributed by atoms with Crippen LogP contribution in [-0.2, 0) is 0 Å². The highest BCUT2D eigenvalue weighted by atomic mass is 16.5. The molecule has 2 amide bonds. The van der Waals surface area contributed by atoms with Crippen molar-refractivity contribution in [3.63, 3.8) is 0 Å². The van der Waals surface area contributed by atoms with Crippen LogP contribution in [-0.4, -0.2) is 26.0 Å². The van der Waals surface area contributed by atoms with E-state index in [9.17, 15) is 4.79 Å². The van der Waals surface area contributed by atoms with Crippen LogP contribution in [0.2, 0.25) is 0 Å². The largest absolute Gasteiger partial charge is 0.497 e. The number of hydrogen-bond donors (Lipinski definition) is 2. The van der Waals surface area contributed by atoms with Crippen molar-refractivity contribution >= 4 is 11.7 Å². The van der Waals surface area contributed by atoms with E-state index in [4.69, 9.17) is 15.2 Å². The van der Waals surface area contributed by atoms with E-state index in [1.807, 2.05) is 0 Å². The molecule has 0 aliphatic heterocycles. The number of hydrazone groups is 1. The topological polar surface area (TPSA) is 85.9 Å². The number of primary amides is 1. The van der Waals surface area contributed by atoms with Crippen molar-refractivity contribution in [3.05, 3.63) is 23.8 Å². The average Bonchev–Trinajstić information content (AvgIpc) is 2.34. The number of urea groups is 1. The number of amides is 2. The summed E-state index contributed by atoms with van der Waals surface area (Å²) in [6, 6.07) is 4.58. The molecule has 92 valence electrons. The third-order valence-electron chi connectivity index (χ3n) is 2.13. The van der Waals surface area contributed by atoms with Crippen molar-refractivity contribution in [1.29, 1.82) is 0 Å². The molecule has 3 N–H and O–H groups in total. The molecular weight excluding hydrogens is 222 g/mol. The van der Waals surface area contributed by atoms with Crippen molar-refractivity contribution in [2.45, 2.75) is 6.92 Å². The van der Waals surface area contributed by atoms with Gasteiger partial charge in [-0.15, -0.1) is 0 Å². The molecule has 0 fully saturated rings. The Labute approximate surface area is 99.4 Å². The van der Waals surface area contributed by atoms with Crippen LogP contribution in [0, 0.1) is 0 Å². The maximum atomic E-state index is 10.6. The summed E-state index contributed by atoms with van der Waals surface area (Å²) in [6.45, 7) is 1.73. The van der Waals surface area contributed by atoms with Crippen LogP contribution in [0.25, 0.3) is 0 Å². The van der Waals surface area contributed by atoms with Crippen molar-refractivity contribution in [2.24, 2.45) is 10.8 Å². The molecule has 0 aliphatic carbocycles. The maximum absolute atomic E-state index is 10.6. The molecule has 0 heterocycles. The first-order valence-corrected chi connectivity index (χ1v) is 4.90. The van der Waals surface area contributed by atoms with Gasteiger partial charge in [0.1, 0.15) is 11.5 Å². The monoisotopic (exact) mass is 237 g/mol. The van der Waals surface area contributed by atoms with Gasteiger partial charge in [0, 0.05) is 5.56 Å². The van der Waals surface area contributed by atoms with E-state index < -0.39 is 6.03 Å². The zero-order chi connectivity index (χ0) is 12.8. The molecule has 6 nitrogen and oxygen atoms in total. The first-order valence-electron chi connectivity index (χ1n) is 4.90. The summed E-state index contributed by atoms with van der Waals surface area (Å²) in [5.41, 5.74) is 8.39. The van der Waals surface area contributed by atoms with E-state index >= 15 is 0 Å². The molecule has 17 heavy (non-hydrogen) atoms. The number of nitrogens with two attached hydrogens (primary N) is 1. The molecule has 0 radical (unpaired) electrons. The van der Waals surface area contributed by atoms with Crippen molar-refractivity contribution in [3.8, 4) is 11.5 Å². The van der Waals surface area contributed by atoms with Crippen LogP contribution < -0.4 is 20.6 Å². The third-order valence-corrected chi connectivity index (χ3v) is 2.13. The highest BCUT2D eigenvalue weighted by molar-refractivity contribution is 6.01. The van der Waals surface area contributed by atoms with Gasteiger partial charge in [-0.25, -0.2) is 10.2 Å². The lowest BCUT2D eigenvalue weighted by molar-refractivity contribution is 0.249. The van der Waals surface area contributed by atoms with Crippen LogP contribution in [0.4, 0.5) is 4.79 Å². The van der Waals surface area contributed by atoms with Crippen LogP contribution in [0.5, 0.6) is 11.5 Å². The number of ether oxygens (including phenoxy) is 2. The standard InChI is InChI=1S/C11H15N3O3/c1-7(13-14-11(12)15)9-6-8(16-2)4-5-10(9)17-3/h4-6H,1-3H3,(H3,12,14,15). The second kappa shape index (κ2) is 5.74. The van der Waals surface area contributed by atoms with Crippen molar-refractivity contribution in [2.75, 3.05) is 14.2 Å². The lowest BCUT2D eigenvalue weighted by Crippen LogP contribution is -2.25. The molecule has 1 rings (SSSR count). The number of carbonyl (C=O) groups is 1. The average molecular weight is 237 g/mol. The van der Waals surface area contributed by atoms with E-state index in [0.717, 1.165) is 5.56 Å². The Balaban J connectivity index is 3.08. The molecule has 0 bridgehead atoms. The van der Waals surface area contributed by atoms with E-state index in [2.05, 4.69) is 10.5 Å². The third kappa shape index (κ3) is 3.37. The van der Waals surface area contributed by atoms with Gasteiger partial charge >= 0.3 is 6.03 Å². The normalized spacial score (nSPS) is 10.9. The molecule has 0 spiro atoms. The van der Waals surface area contributed by atoms with E-state index in [1.165, 1.54) is 0 Å². The molecule has 0 saturated carbocycles. The minimum absolute atomic E-state index is 0.569. The molecule has 1 aromatic rings. The zero-order valence-corrected chi connectivity index (χ0v) is 9.98. The van der Waals surface area contributed by atoms with Crippen LogP contribution >= 0.6 is 0 Å². The van der Waals surface area contributed by atoms with Gasteiger partial charge in [0.05, 0.1) is 19.9 Å².